The minimum absolute atomic E-state index is 0. The molecule has 2 heterocycles. The van der Waals surface area contributed by atoms with Gasteiger partial charge in [0, 0.05) is 26.2 Å². The van der Waals surface area contributed by atoms with Crippen molar-refractivity contribution < 1.29 is 13.2 Å². The number of amides is 1. The van der Waals surface area contributed by atoms with E-state index in [0.29, 0.717) is 23.9 Å². The molecule has 1 aromatic carbocycles. The molecular weight excluding hydrogens is 386 g/mol. The summed E-state index contributed by atoms with van der Waals surface area (Å²) < 4.78 is 27.2. The minimum Gasteiger partial charge on any atom is -0.342 e. The number of carbonyl (C=O) groups is 1. The van der Waals surface area contributed by atoms with Crippen molar-refractivity contribution in [2.24, 2.45) is 11.8 Å². The molecule has 2 atom stereocenters. The van der Waals surface area contributed by atoms with Crippen LogP contribution < -0.4 is 5.32 Å². The first-order valence-corrected chi connectivity index (χ1v) is 10.9. The molecule has 27 heavy (non-hydrogen) atoms. The fourth-order valence-electron chi connectivity index (χ4n) is 4.08. The second-order valence-electron chi connectivity index (χ2n) is 7.37. The average molecular weight is 416 g/mol. The molecule has 2 aliphatic heterocycles. The highest BCUT2D eigenvalue weighted by Gasteiger charge is 2.36. The van der Waals surface area contributed by atoms with E-state index in [2.05, 4.69) is 5.32 Å². The monoisotopic (exact) mass is 415 g/mol. The number of hydrogen-bond acceptors (Lipinski definition) is 4. The summed E-state index contributed by atoms with van der Waals surface area (Å²) >= 11 is 0. The smallest absolute Gasteiger partial charge is 0.243 e. The van der Waals surface area contributed by atoms with E-state index in [-0.39, 0.29) is 24.2 Å². The summed E-state index contributed by atoms with van der Waals surface area (Å²) in [5.41, 5.74) is 0. The molecule has 1 N–H and O–H groups in total. The quantitative estimate of drug-likeness (QED) is 0.798. The Labute approximate surface area is 168 Å². The lowest BCUT2D eigenvalue weighted by molar-refractivity contribution is -0.138. The highest BCUT2D eigenvalue weighted by molar-refractivity contribution is 7.89. The van der Waals surface area contributed by atoms with Crippen LogP contribution in [0.15, 0.2) is 35.2 Å². The second kappa shape index (κ2) is 9.87. The number of hydrogen-bond donors (Lipinski definition) is 1. The van der Waals surface area contributed by atoms with E-state index in [4.69, 9.17) is 0 Å². The maximum atomic E-state index is 13.0. The molecule has 3 rings (SSSR count). The van der Waals surface area contributed by atoms with E-state index in [1.54, 1.807) is 30.3 Å². The van der Waals surface area contributed by atoms with Crippen molar-refractivity contribution in [2.75, 3.05) is 39.8 Å². The zero-order chi connectivity index (χ0) is 18.6. The van der Waals surface area contributed by atoms with Crippen LogP contribution in [0.4, 0.5) is 0 Å². The number of benzene rings is 1. The number of carbonyl (C=O) groups excluding carboxylic acids is 1. The Hall–Kier alpha value is -1.15. The molecule has 0 bridgehead atoms. The molecule has 152 valence electrons. The molecule has 0 aromatic heterocycles. The first-order chi connectivity index (χ1) is 12.5. The van der Waals surface area contributed by atoms with Gasteiger partial charge in [-0.05, 0) is 57.3 Å². The van der Waals surface area contributed by atoms with Gasteiger partial charge < -0.3 is 10.2 Å². The molecule has 6 nitrogen and oxygen atoms in total. The molecule has 2 fully saturated rings. The van der Waals surface area contributed by atoms with E-state index >= 15 is 0 Å². The molecule has 2 saturated heterocycles. The number of halogens is 1. The molecule has 0 aliphatic carbocycles. The predicted octanol–water partition coefficient (Wildman–Crippen LogP) is 1.97. The lowest BCUT2D eigenvalue weighted by Crippen LogP contribution is -2.49. The Morgan fingerprint density at radius 1 is 1.11 bits per heavy atom. The van der Waals surface area contributed by atoms with Crippen LogP contribution in [0, 0.1) is 11.8 Å². The number of nitrogens with one attached hydrogen (secondary N) is 1. The van der Waals surface area contributed by atoms with Gasteiger partial charge in [-0.3, -0.25) is 4.79 Å². The van der Waals surface area contributed by atoms with Gasteiger partial charge in [0.25, 0.3) is 0 Å². The van der Waals surface area contributed by atoms with E-state index in [0.717, 1.165) is 45.3 Å². The van der Waals surface area contributed by atoms with Gasteiger partial charge in [-0.2, -0.15) is 4.31 Å². The Morgan fingerprint density at radius 2 is 1.81 bits per heavy atom. The van der Waals surface area contributed by atoms with E-state index in [1.807, 2.05) is 11.9 Å². The molecule has 8 heteroatoms. The number of rotatable bonds is 5. The largest absolute Gasteiger partial charge is 0.342 e. The Morgan fingerprint density at radius 3 is 2.52 bits per heavy atom. The maximum Gasteiger partial charge on any atom is 0.243 e. The third kappa shape index (κ3) is 5.22. The fraction of sp³-hybridized carbons (Fsp3) is 0.632. The maximum absolute atomic E-state index is 13.0. The molecule has 2 aliphatic rings. The van der Waals surface area contributed by atoms with Gasteiger partial charge in [-0.1, -0.05) is 18.2 Å². The molecule has 0 saturated carbocycles. The van der Waals surface area contributed by atoms with Gasteiger partial charge >= 0.3 is 0 Å². The number of piperidine rings is 2. The molecule has 1 aromatic rings. The lowest BCUT2D eigenvalue weighted by atomic mass is 9.93. The highest BCUT2D eigenvalue weighted by atomic mass is 35.5. The Kier molecular flexibility index (Phi) is 8.09. The van der Waals surface area contributed by atoms with Crippen LogP contribution in [-0.2, 0) is 14.8 Å². The van der Waals surface area contributed by atoms with Gasteiger partial charge in [-0.25, -0.2) is 8.42 Å². The molecule has 2 unspecified atom stereocenters. The minimum atomic E-state index is -3.53. The molecular formula is C19H30ClN3O3S. The zero-order valence-corrected chi connectivity index (χ0v) is 17.5. The summed E-state index contributed by atoms with van der Waals surface area (Å²) in [6.07, 6.45) is 3.67. The molecule has 0 radical (unpaired) electrons. The first kappa shape index (κ1) is 22.1. The van der Waals surface area contributed by atoms with Crippen LogP contribution >= 0.6 is 12.4 Å². The van der Waals surface area contributed by atoms with Gasteiger partial charge in [-0.15, -0.1) is 12.4 Å². The summed E-state index contributed by atoms with van der Waals surface area (Å²) in [7, 11) is -1.59. The zero-order valence-electron chi connectivity index (χ0n) is 15.8. The third-order valence-corrected chi connectivity index (χ3v) is 7.32. The predicted molar refractivity (Wildman–Crippen MR) is 108 cm³/mol. The van der Waals surface area contributed by atoms with Gasteiger partial charge in [0.05, 0.1) is 10.8 Å². The van der Waals surface area contributed by atoms with Crippen LogP contribution in [-0.4, -0.2) is 63.3 Å². The van der Waals surface area contributed by atoms with Crippen molar-refractivity contribution in [2.45, 2.75) is 30.6 Å². The summed E-state index contributed by atoms with van der Waals surface area (Å²) in [6, 6.07) is 8.51. The van der Waals surface area contributed by atoms with Crippen LogP contribution in [0.2, 0.25) is 0 Å². The summed E-state index contributed by atoms with van der Waals surface area (Å²) in [5.74, 6) is 0.389. The fourth-order valence-corrected chi connectivity index (χ4v) is 5.63. The van der Waals surface area contributed by atoms with Crippen molar-refractivity contribution in [1.82, 2.24) is 14.5 Å². The number of nitrogens with zero attached hydrogens (tertiary/aromatic N) is 2. The van der Waals surface area contributed by atoms with Gasteiger partial charge in [0.15, 0.2) is 0 Å². The Balaban J connectivity index is 0.00000261. The van der Waals surface area contributed by atoms with Crippen LogP contribution in [0.25, 0.3) is 0 Å². The molecule has 0 spiro atoms. The van der Waals surface area contributed by atoms with Crippen LogP contribution in [0.5, 0.6) is 0 Å². The van der Waals surface area contributed by atoms with Crippen LogP contribution in [0.1, 0.15) is 25.7 Å². The summed E-state index contributed by atoms with van der Waals surface area (Å²) in [5, 5.41) is 3.20. The standard InChI is InChI=1S/C19H29N3O3S.ClH/c1-20-13-16-7-5-11-21(14-16)19(23)17-8-6-12-22(15-17)26(24,25)18-9-3-2-4-10-18;/h2-4,9-10,16-17,20H,5-8,11-15H2,1H3;1H. The van der Waals surface area contributed by atoms with E-state index in [1.165, 1.54) is 4.31 Å². The second-order valence-corrected chi connectivity index (χ2v) is 9.30. The first-order valence-electron chi connectivity index (χ1n) is 9.51. The highest BCUT2D eigenvalue weighted by Crippen LogP contribution is 2.26. The number of sulfonamides is 1. The van der Waals surface area contributed by atoms with E-state index < -0.39 is 10.0 Å². The van der Waals surface area contributed by atoms with Crippen LogP contribution in [0.3, 0.4) is 0 Å². The topological polar surface area (TPSA) is 69.7 Å². The van der Waals surface area contributed by atoms with E-state index in [9.17, 15) is 13.2 Å². The van der Waals surface area contributed by atoms with Crippen molar-refractivity contribution in [1.29, 1.82) is 0 Å². The average Bonchev–Trinajstić information content (AvgIpc) is 2.69. The SMILES string of the molecule is CNCC1CCCN(C(=O)C2CCCN(S(=O)(=O)c3ccccc3)C2)C1.Cl. The summed E-state index contributed by atoms with van der Waals surface area (Å²) in [6.45, 7) is 3.28. The van der Waals surface area contributed by atoms with Crippen molar-refractivity contribution in [3.63, 3.8) is 0 Å². The normalized spacial score (nSPS) is 24.3. The van der Waals surface area contributed by atoms with Crippen molar-refractivity contribution in [3.8, 4) is 0 Å². The Bertz CT molecular complexity index is 712. The van der Waals surface area contributed by atoms with Crippen molar-refractivity contribution in [3.05, 3.63) is 30.3 Å². The number of likely N-dealkylation sites (tertiary alicyclic amines) is 1. The van der Waals surface area contributed by atoms with Gasteiger partial charge in [0.1, 0.15) is 0 Å². The molecule has 1 amide bonds. The van der Waals surface area contributed by atoms with Crippen molar-refractivity contribution >= 4 is 28.3 Å². The summed E-state index contributed by atoms with van der Waals surface area (Å²) in [4.78, 5) is 15.3. The van der Waals surface area contributed by atoms with Gasteiger partial charge in [0.2, 0.25) is 15.9 Å². The third-order valence-electron chi connectivity index (χ3n) is 5.44. The lowest BCUT2D eigenvalue weighted by Gasteiger charge is -2.38.